The summed E-state index contributed by atoms with van der Waals surface area (Å²) in [6.45, 7) is 3.87. The zero-order valence-corrected chi connectivity index (χ0v) is 18.7. The van der Waals surface area contributed by atoms with E-state index in [1.165, 1.54) is 83.3 Å². The van der Waals surface area contributed by atoms with Crippen LogP contribution in [0.25, 0.3) is 0 Å². The van der Waals surface area contributed by atoms with Crippen molar-refractivity contribution < 1.29 is 19.8 Å². The predicted molar refractivity (Wildman–Crippen MR) is 130 cm³/mol. The van der Waals surface area contributed by atoms with E-state index in [2.05, 4.69) is 18.0 Å². The van der Waals surface area contributed by atoms with Gasteiger partial charge in [-0.3, -0.25) is 14.6 Å². The van der Waals surface area contributed by atoms with Gasteiger partial charge in [0.15, 0.2) is 0 Å². The molecule has 0 bridgehead atoms. The molecular formula is C24H44NNaO4. The number of carboxylic acids is 2. The first-order chi connectivity index (χ1) is 14.0. The van der Waals surface area contributed by atoms with E-state index < -0.39 is 11.9 Å². The molecule has 0 spiro atoms. The summed E-state index contributed by atoms with van der Waals surface area (Å²) in [6, 6.07) is 0. The van der Waals surface area contributed by atoms with Crippen LogP contribution in [0.15, 0.2) is 29.4 Å². The van der Waals surface area contributed by atoms with E-state index in [1.807, 2.05) is 12.2 Å². The molecule has 0 aliphatic rings. The van der Waals surface area contributed by atoms with Crippen molar-refractivity contribution in [2.24, 2.45) is 4.99 Å². The van der Waals surface area contributed by atoms with Gasteiger partial charge in [0, 0.05) is 18.8 Å². The van der Waals surface area contributed by atoms with E-state index in [1.54, 1.807) is 13.1 Å². The molecule has 0 amide bonds. The van der Waals surface area contributed by atoms with Crippen molar-refractivity contribution in [1.82, 2.24) is 0 Å². The number of aliphatic carboxylic acids is 2. The van der Waals surface area contributed by atoms with Gasteiger partial charge in [0.25, 0.3) is 0 Å². The van der Waals surface area contributed by atoms with Gasteiger partial charge in [0.05, 0.1) is 6.42 Å². The Morgan fingerprint density at radius 3 is 1.63 bits per heavy atom. The van der Waals surface area contributed by atoms with Gasteiger partial charge in [-0.05, 0) is 18.9 Å². The van der Waals surface area contributed by atoms with Crippen molar-refractivity contribution in [1.29, 1.82) is 0 Å². The molecule has 0 saturated heterocycles. The number of nitrogens with zero attached hydrogens (tertiary/aromatic N) is 1. The molecule has 0 heterocycles. The van der Waals surface area contributed by atoms with Gasteiger partial charge in [0.2, 0.25) is 0 Å². The normalized spacial score (nSPS) is 10.9. The molecule has 2 N–H and O–H groups in total. The Labute approximate surface area is 206 Å². The molecular weight excluding hydrogens is 389 g/mol. The monoisotopic (exact) mass is 433 g/mol. The number of carboxylic acid groups (broad SMARTS) is 2. The van der Waals surface area contributed by atoms with Gasteiger partial charge in [-0.25, -0.2) is 0 Å². The Morgan fingerprint density at radius 1 is 0.733 bits per heavy atom. The summed E-state index contributed by atoms with van der Waals surface area (Å²) >= 11 is 0. The third-order valence-electron chi connectivity index (χ3n) is 4.32. The van der Waals surface area contributed by atoms with Crippen LogP contribution < -0.4 is 0 Å². The summed E-state index contributed by atoms with van der Waals surface area (Å²) in [5.41, 5.74) is 0. The average Bonchev–Trinajstić information content (AvgIpc) is 2.70. The van der Waals surface area contributed by atoms with E-state index >= 15 is 0 Å². The Morgan fingerprint density at radius 2 is 1.20 bits per heavy atom. The first kappa shape index (κ1) is 33.7. The first-order valence-corrected chi connectivity index (χ1v) is 11.3. The molecule has 0 aromatic carbocycles. The molecule has 0 aliphatic carbocycles. The first-order valence-electron chi connectivity index (χ1n) is 11.3. The molecule has 0 unspecified atom stereocenters. The number of allylic oxidation sites excluding steroid dienone is 3. The molecule has 0 rings (SSSR count). The van der Waals surface area contributed by atoms with Crippen LogP contribution in [-0.2, 0) is 9.59 Å². The summed E-state index contributed by atoms with van der Waals surface area (Å²) in [7, 11) is 0. The van der Waals surface area contributed by atoms with Gasteiger partial charge in [-0.1, -0.05) is 96.6 Å². The fourth-order valence-corrected chi connectivity index (χ4v) is 2.57. The summed E-state index contributed by atoms with van der Waals surface area (Å²) < 4.78 is 0. The van der Waals surface area contributed by atoms with Crippen LogP contribution in [0.1, 0.15) is 110 Å². The number of rotatable bonds is 18. The van der Waals surface area contributed by atoms with E-state index in [4.69, 9.17) is 10.2 Å². The Hall–Kier alpha value is -0.910. The molecule has 0 atom stereocenters. The van der Waals surface area contributed by atoms with Gasteiger partial charge in [-0.15, -0.1) is 0 Å². The summed E-state index contributed by atoms with van der Waals surface area (Å²) in [5, 5.41) is 16.1. The molecule has 0 aromatic heterocycles. The fraction of sp³-hybridized carbons (Fsp3) is 0.708. The summed E-state index contributed by atoms with van der Waals surface area (Å²) in [6.07, 6.45) is 26.9. The van der Waals surface area contributed by atoms with Crippen molar-refractivity contribution in [3.63, 3.8) is 0 Å². The molecule has 0 fully saturated rings. The van der Waals surface area contributed by atoms with Gasteiger partial charge in [0.1, 0.15) is 0 Å². The van der Waals surface area contributed by atoms with Crippen molar-refractivity contribution in [2.45, 2.75) is 110 Å². The standard InChI is InChI=1S/C21H37NO2.C3H6O2.Na.H/c1-2-3-4-5-6-7-8-9-10-11-12-13-14-15-16-17-19-22-20-18-21(23)24;1-2-3(4)5;;/h15-17,19-20H,2-14,18H2,1H3,(H,23,24);2H2,1H3,(H,4,5);;. The molecule has 0 aliphatic heterocycles. The zero-order valence-electron chi connectivity index (χ0n) is 18.7. The molecule has 0 radical (unpaired) electrons. The second kappa shape index (κ2) is 30.3. The molecule has 170 valence electrons. The second-order valence-corrected chi connectivity index (χ2v) is 7.12. The molecule has 0 saturated carbocycles. The Bertz CT molecular complexity index is 462. The summed E-state index contributed by atoms with van der Waals surface area (Å²) in [5.74, 6) is -1.60. The van der Waals surface area contributed by atoms with E-state index in [-0.39, 0.29) is 42.4 Å². The minimum absolute atomic E-state index is 0. The van der Waals surface area contributed by atoms with Gasteiger partial charge in [-0.2, -0.15) is 0 Å². The van der Waals surface area contributed by atoms with Crippen LogP contribution in [0.4, 0.5) is 0 Å². The van der Waals surface area contributed by atoms with Crippen molar-refractivity contribution in [3.8, 4) is 0 Å². The maximum atomic E-state index is 10.3. The van der Waals surface area contributed by atoms with Gasteiger partial charge < -0.3 is 10.2 Å². The number of unbranched alkanes of at least 4 members (excludes halogenated alkanes) is 12. The quantitative estimate of drug-likeness (QED) is 0.111. The SMILES string of the molecule is CCC(=O)O.CCCCCCCCCCCCCCC=CC=CN=CCC(=O)O.[NaH]. The van der Waals surface area contributed by atoms with E-state index in [9.17, 15) is 9.59 Å². The number of carbonyl (C=O) groups is 2. The molecule has 30 heavy (non-hydrogen) atoms. The molecule has 5 nitrogen and oxygen atoms in total. The number of hydrogen-bond acceptors (Lipinski definition) is 3. The predicted octanol–water partition coefficient (Wildman–Crippen LogP) is 6.53. The third kappa shape index (κ3) is 37.8. The van der Waals surface area contributed by atoms with Crippen molar-refractivity contribution >= 4 is 47.7 Å². The van der Waals surface area contributed by atoms with Crippen LogP contribution in [0.2, 0.25) is 0 Å². The van der Waals surface area contributed by atoms with E-state index in [0.717, 1.165) is 6.42 Å². The van der Waals surface area contributed by atoms with Crippen molar-refractivity contribution in [3.05, 3.63) is 24.4 Å². The minimum atomic E-state index is -0.852. The number of aliphatic imine (C=N–C) groups is 1. The molecule has 6 heteroatoms. The average molecular weight is 434 g/mol. The topological polar surface area (TPSA) is 87.0 Å². The van der Waals surface area contributed by atoms with Crippen LogP contribution in [-0.4, -0.2) is 57.9 Å². The van der Waals surface area contributed by atoms with Crippen LogP contribution in [0, 0.1) is 0 Å². The second-order valence-electron chi connectivity index (χ2n) is 7.12. The number of hydrogen-bond donors (Lipinski definition) is 2. The zero-order chi connectivity index (χ0) is 22.0. The summed E-state index contributed by atoms with van der Waals surface area (Å²) in [4.78, 5) is 23.5. The van der Waals surface area contributed by atoms with E-state index in [0.29, 0.717) is 0 Å². The Kier molecular flexibility index (Phi) is 34.0. The Balaban J connectivity index is -0.00000108. The van der Waals surface area contributed by atoms with Crippen LogP contribution in [0.3, 0.4) is 0 Å². The van der Waals surface area contributed by atoms with Crippen LogP contribution in [0.5, 0.6) is 0 Å². The maximum absolute atomic E-state index is 10.3. The third-order valence-corrected chi connectivity index (χ3v) is 4.32. The fourth-order valence-electron chi connectivity index (χ4n) is 2.57. The van der Waals surface area contributed by atoms with Crippen molar-refractivity contribution in [2.75, 3.05) is 0 Å². The van der Waals surface area contributed by atoms with Crippen LogP contribution >= 0.6 is 0 Å². The van der Waals surface area contributed by atoms with Gasteiger partial charge >= 0.3 is 41.5 Å². The molecule has 0 aromatic rings.